The van der Waals surface area contributed by atoms with Crippen molar-refractivity contribution in [2.45, 2.75) is 24.7 Å². The van der Waals surface area contributed by atoms with Gasteiger partial charge in [0.15, 0.2) is 0 Å². The molecule has 1 nitrogen and oxygen atoms in total. The molecule has 0 spiro atoms. The van der Waals surface area contributed by atoms with Gasteiger partial charge in [0.2, 0.25) is 0 Å². The van der Waals surface area contributed by atoms with Gasteiger partial charge in [0.25, 0.3) is 0 Å². The van der Waals surface area contributed by atoms with Gasteiger partial charge in [0.1, 0.15) is 0 Å². The van der Waals surface area contributed by atoms with Crippen molar-refractivity contribution < 1.29 is 0 Å². The smallest absolute Gasteiger partial charge is 0.0213 e. The van der Waals surface area contributed by atoms with Crippen LogP contribution in [0, 0.1) is 0 Å². The molecule has 82 valence electrons. The second kappa shape index (κ2) is 4.26. The number of rotatable bonds is 3. The lowest BCUT2D eigenvalue weighted by Crippen LogP contribution is -2.43. The van der Waals surface area contributed by atoms with E-state index in [0.29, 0.717) is 5.41 Å². The molecule has 0 aliphatic heterocycles. The number of nitrogens with zero attached hydrogens (tertiary/aromatic N) is 1. The first-order valence-corrected chi connectivity index (χ1v) is 6.33. The van der Waals surface area contributed by atoms with Gasteiger partial charge < -0.3 is 4.90 Å². The Morgan fingerprint density at radius 2 is 1.93 bits per heavy atom. The summed E-state index contributed by atoms with van der Waals surface area (Å²) in [6.45, 7) is 1.16. The van der Waals surface area contributed by atoms with Crippen molar-refractivity contribution in [1.29, 1.82) is 0 Å². The van der Waals surface area contributed by atoms with Crippen LogP contribution in [0.1, 0.15) is 24.8 Å². The third kappa shape index (κ3) is 2.11. The van der Waals surface area contributed by atoms with Crippen LogP contribution >= 0.6 is 15.9 Å². The van der Waals surface area contributed by atoms with Crippen molar-refractivity contribution in [2.24, 2.45) is 0 Å². The summed E-state index contributed by atoms with van der Waals surface area (Å²) in [7, 11) is 4.33. The van der Waals surface area contributed by atoms with Crippen LogP contribution in [-0.2, 0) is 5.41 Å². The fourth-order valence-corrected chi connectivity index (χ4v) is 3.32. The van der Waals surface area contributed by atoms with E-state index in [0.717, 1.165) is 6.54 Å². The van der Waals surface area contributed by atoms with E-state index in [9.17, 15) is 0 Å². The van der Waals surface area contributed by atoms with E-state index in [2.05, 4.69) is 59.2 Å². The number of likely N-dealkylation sites (N-methyl/N-ethyl adjacent to an activating group) is 1. The third-order valence-corrected chi connectivity index (χ3v) is 4.07. The molecule has 0 atom stereocenters. The van der Waals surface area contributed by atoms with Crippen molar-refractivity contribution in [3.05, 3.63) is 34.3 Å². The van der Waals surface area contributed by atoms with E-state index in [1.807, 2.05) is 0 Å². The minimum absolute atomic E-state index is 0.406. The molecule has 0 aromatic heterocycles. The largest absolute Gasteiger partial charge is 0.309 e. The summed E-state index contributed by atoms with van der Waals surface area (Å²) in [6, 6.07) is 8.67. The van der Waals surface area contributed by atoms with Gasteiger partial charge >= 0.3 is 0 Å². The van der Waals surface area contributed by atoms with E-state index < -0.39 is 0 Å². The van der Waals surface area contributed by atoms with Gasteiger partial charge in [-0.05, 0) is 38.6 Å². The van der Waals surface area contributed by atoms with Gasteiger partial charge in [-0.15, -0.1) is 0 Å². The average Bonchev–Trinajstić information content (AvgIpc) is 2.12. The Balaban J connectivity index is 2.30. The first-order valence-electron chi connectivity index (χ1n) is 5.54. The van der Waals surface area contributed by atoms with Gasteiger partial charge in [0, 0.05) is 16.4 Å². The standard InChI is InChI=1S/C13H18BrN/c1-15(2)10-13(8-5-9-13)11-6-3-4-7-12(11)14/h3-4,6-7H,5,8-10H2,1-2H3. The first-order chi connectivity index (χ1) is 7.14. The highest BCUT2D eigenvalue weighted by atomic mass is 79.9. The Morgan fingerprint density at radius 1 is 1.27 bits per heavy atom. The Hall–Kier alpha value is -0.340. The average molecular weight is 268 g/mol. The number of benzene rings is 1. The molecule has 0 N–H and O–H groups in total. The zero-order valence-electron chi connectivity index (χ0n) is 9.46. The van der Waals surface area contributed by atoms with E-state index in [1.165, 1.54) is 29.3 Å². The quantitative estimate of drug-likeness (QED) is 0.811. The maximum absolute atomic E-state index is 3.68. The zero-order valence-corrected chi connectivity index (χ0v) is 11.0. The van der Waals surface area contributed by atoms with Gasteiger partial charge in [-0.1, -0.05) is 40.5 Å². The number of hydrogen-bond donors (Lipinski definition) is 0. The molecule has 15 heavy (non-hydrogen) atoms. The Labute approximate surface area is 101 Å². The number of hydrogen-bond acceptors (Lipinski definition) is 1. The maximum Gasteiger partial charge on any atom is 0.0213 e. The van der Waals surface area contributed by atoms with Crippen LogP contribution < -0.4 is 0 Å². The normalized spacial score (nSPS) is 18.9. The molecule has 0 saturated heterocycles. The van der Waals surface area contributed by atoms with Gasteiger partial charge in [0.05, 0.1) is 0 Å². The fraction of sp³-hybridized carbons (Fsp3) is 0.538. The molecule has 2 rings (SSSR count). The SMILES string of the molecule is CN(C)CC1(c2ccccc2Br)CCC1. The van der Waals surface area contributed by atoms with Crippen LogP contribution in [0.15, 0.2) is 28.7 Å². The zero-order chi connectivity index (χ0) is 10.9. The minimum Gasteiger partial charge on any atom is -0.309 e. The summed E-state index contributed by atoms with van der Waals surface area (Å²) < 4.78 is 1.27. The Bertz CT molecular complexity index is 342. The summed E-state index contributed by atoms with van der Waals surface area (Å²) in [5.41, 5.74) is 1.90. The third-order valence-electron chi connectivity index (χ3n) is 3.37. The highest BCUT2D eigenvalue weighted by Gasteiger charge is 2.39. The van der Waals surface area contributed by atoms with Crippen LogP contribution in [-0.4, -0.2) is 25.5 Å². The van der Waals surface area contributed by atoms with Crippen LogP contribution in [0.4, 0.5) is 0 Å². The van der Waals surface area contributed by atoms with Gasteiger partial charge in [-0.3, -0.25) is 0 Å². The minimum atomic E-state index is 0.406. The predicted molar refractivity (Wildman–Crippen MR) is 68.2 cm³/mol. The molecule has 1 fully saturated rings. The molecule has 0 unspecified atom stereocenters. The molecular weight excluding hydrogens is 250 g/mol. The molecule has 1 saturated carbocycles. The summed E-state index contributed by atoms with van der Waals surface area (Å²) in [4.78, 5) is 2.30. The molecular formula is C13H18BrN. The molecule has 1 aromatic carbocycles. The van der Waals surface area contributed by atoms with Crippen molar-refractivity contribution in [3.8, 4) is 0 Å². The molecule has 0 bridgehead atoms. The molecule has 0 radical (unpaired) electrons. The molecule has 0 amide bonds. The lowest BCUT2D eigenvalue weighted by Gasteiger charge is -2.44. The van der Waals surface area contributed by atoms with Crippen LogP contribution in [0.5, 0.6) is 0 Å². The van der Waals surface area contributed by atoms with Crippen molar-refractivity contribution >= 4 is 15.9 Å². The van der Waals surface area contributed by atoms with Crippen molar-refractivity contribution in [1.82, 2.24) is 4.90 Å². The summed E-state index contributed by atoms with van der Waals surface area (Å²) in [5.74, 6) is 0. The molecule has 1 aliphatic carbocycles. The monoisotopic (exact) mass is 267 g/mol. The van der Waals surface area contributed by atoms with Crippen molar-refractivity contribution in [2.75, 3.05) is 20.6 Å². The Morgan fingerprint density at radius 3 is 2.40 bits per heavy atom. The lowest BCUT2D eigenvalue weighted by molar-refractivity contribution is 0.177. The maximum atomic E-state index is 3.68. The fourth-order valence-electron chi connectivity index (χ4n) is 2.61. The highest BCUT2D eigenvalue weighted by molar-refractivity contribution is 9.10. The lowest BCUT2D eigenvalue weighted by atomic mass is 9.64. The van der Waals surface area contributed by atoms with Gasteiger partial charge in [-0.2, -0.15) is 0 Å². The van der Waals surface area contributed by atoms with E-state index in [4.69, 9.17) is 0 Å². The van der Waals surface area contributed by atoms with E-state index in [-0.39, 0.29) is 0 Å². The van der Waals surface area contributed by atoms with E-state index >= 15 is 0 Å². The van der Waals surface area contributed by atoms with Crippen LogP contribution in [0.25, 0.3) is 0 Å². The van der Waals surface area contributed by atoms with Crippen LogP contribution in [0.2, 0.25) is 0 Å². The number of halogens is 1. The summed E-state index contributed by atoms with van der Waals surface area (Å²) in [6.07, 6.45) is 4.02. The molecule has 2 heteroatoms. The van der Waals surface area contributed by atoms with E-state index in [1.54, 1.807) is 0 Å². The van der Waals surface area contributed by atoms with Crippen LogP contribution in [0.3, 0.4) is 0 Å². The summed E-state index contributed by atoms with van der Waals surface area (Å²) in [5, 5.41) is 0. The molecule has 0 heterocycles. The highest BCUT2D eigenvalue weighted by Crippen LogP contribution is 2.46. The topological polar surface area (TPSA) is 3.24 Å². The second-order valence-corrected chi connectivity index (χ2v) is 5.71. The predicted octanol–water partition coefficient (Wildman–Crippen LogP) is 3.43. The van der Waals surface area contributed by atoms with Crippen molar-refractivity contribution in [3.63, 3.8) is 0 Å². The molecule has 1 aromatic rings. The van der Waals surface area contributed by atoms with Gasteiger partial charge in [-0.25, -0.2) is 0 Å². The second-order valence-electron chi connectivity index (χ2n) is 4.85. The first kappa shape index (κ1) is 11.2. The molecule has 1 aliphatic rings. The Kier molecular flexibility index (Phi) is 3.17. The summed E-state index contributed by atoms with van der Waals surface area (Å²) >= 11 is 3.68.